The number of carbonyl (C=O) groups is 2. The summed E-state index contributed by atoms with van der Waals surface area (Å²) in [7, 11) is 1.30. The topological polar surface area (TPSA) is 154 Å². The molecular weight excluding hydrogens is 472 g/mol. The molecule has 1 saturated carbocycles. The molecule has 1 heterocycles. The Labute approximate surface area is 204 Å². The van der Waals surface area contributed by atoms with Gasteiger partial charge in [0.1, 0.15) is 6.61 Å². The summed E-state index contributed by atoms with van der Waals surface area (Å²) < 4.78 is 10.9. The molecule has 2 amide bonds. The molecule has 0 N–H and O–H groups in total. The van der Waals surface area contributed by atoms with E-state index in [-0.39, 0.29) is 53.0 Å². The monoisotopic (exact) mass is 492 g/mol. The maximum Gasteiger partial charge on any atom is 0.315 e. The molecule has 2 fully saturated rings. The van der Waals surface area contributed by atoms with Crippen LogP contribution in [0.5, 0.6) is 11.5 Å². The van der Waals surface area contributed by atoms with Crippen molar-refractivity contribution in [1.29, 1.82) is 0 Å². The van der Waals surface area contributed by atoms with E-state index in [1.807, 2.05) is 12.2 Å². The number of rotatable bonds is 8. The molecule has 36 heavy (non-hydrogen) atoms. The van der Waals surface area contributed by atoms with Crippen LogP contribution in [0.2, 0.25) is 0 Å². The Bertz CT molecular complexity index is 1320. The van der Waals surface area contributed by atoms with Crippen LogP contribution in [0.1, 0.15) is 17.5 Å². The molecule has 2 aromatic rings. The fraction of sp³-hybridized carbons (Fsp3) is 0.292. The molecule has 1 aliphatic heterocycles. The number of hydrazone groups is 1. The van der Waals surface area contributed by atoms with Crippen LogP contribution in [-0.2, 0) is 16.2 Å². The highest BCUT2D eigenvalue weighted by Crippen LogP contribution is 2.52. The number of ether oxygens (including phenoxy) is 2. The van der Waals surface area contributed by atoms with E-state index in [0.717, 1.165) is 11.4 Å². The molecule has 2 aliphatic carbocycles. The number of benzene rings is 2. The molecule has 0 aromatic heterocycles. The number of nitrogens with zero attached hydrogens (tertiary/aromatic N) is 4. The first kappa shape index (κ1) is 23.1. The van der Waals surface area contributed by atoms with Gasteiger partial charge in [-0.2, -0.15) is 10.1 Å². The van der Waals surface area contributed by atoms with Crippen molar-refractivity contribution >= 4 is 29.4 Å². The summed E-state index contributed by atoms with van der Waals surface area (Å²) in [6.07, 6.45) is 5.95. The highest BCUT2D eigenvalue weighted by molar-refractivity contribution is 6.06. The van der Waals surface area contributed by atoms with Crippen LogP contribution in [-0.4, -0.2) is 40.0 Å². The van der Waals surface area contributed by atoms with E-state index in [2.05, 4.69) is 5.10 Å². The van der Waals surface area contributed by atoms with Crippen LogP contribution in [0.3, 0.4) is 0 Å². The molecule has 1 saturated heterocycles. The Morgan fingerprint density at radius 2 is 1.75 bits per heavy atom. The van der Waals surface area contributed by atoms with Gasteiger partial charge < -0.3 is 9.47 Å². The van der Waals surface area contributed by atoms with E-state index in [4.69, 9.17) is 9.47 Å². The molecule has 2 bridgehead atoms. The number of methoxy groups -OCH3 is 1. The van der Waals surface area contributed by atoms with Crippen LogP contribution in [0.4, 0.5) is 11.4 Å². The van der Waals surface area contributed by atoms with Crippen molar-refractivity contribution < 1.29 is 28.9 Å². The minimum atomic E-state index is -0.664. The van der Waals surface area contributed by atoms with Gasteiger partial charge in [0.2, 0.25) is 5.75 Å². The van der Waals surface area contributed by atoms with Crippen LogP contribution in [0.25, 0.3) is 0 Å². The first-order chi connectivity index (χ1) is 17.3. The maximum atomic E-state index is 12.8. The smallest absolute Gasteiger partial charge is 0.315 e. The van der Waals surface area contributed by atoms with Gasteiger partial charge in [0.05, 0.1) is 35.0 Å². The van der Waals surface area contributed by atoms with Crippen molar-refractivity contribution in [3.8, 4) is 11.5 Å². The van der Waals surface area contributed by atoms with E-state index < -0.39 is 27.4 Å². The molecule has 4 atom stereocenters. The number of nitro benzene ring substituents is 2. The standard InChI is InChI=1S/C24H20N4O8/c1-35-19-9-14(11-25-26-23(29)20-15-5-6-16(10-15)21(20)24(26)30)8-18(28(33)34)22(19)36-12-13-3-2-4-17(7-13)27(31)32/h2-9,11,15-16,20-21H,10,12H2,1H3. The molecule has 5 rings (SSSR count). The number of imide groups is 1. The second-order valence-electron chi connectivity index (χ2n) is 8.78. The van der Waals surface area contributed by atoms with Crippen molar-refractivity contribution in [3.63, 3.8) is 0 Å². The van der Waals surface area contributed by atoms with E-state index >= 15 is 0 Å². The summed E-state index contributed by atoms with van der Waals surface area (Å²) in [5.74, 6) is -1.60. The predicted octanol–water partition coefficient (Wildman–Crippen LogP) is 3.23. The molecule has 4 unspecified atom stereocenters. The van der Waals surface area contributed by atoms with E-state index in [1.54, 1.807) is 6.07 Å². The molecule has 2 aromatic carbocycles. The lowest BCUT2D eigenvalue weighted by Crippen LogP contribution is -2.28. The van der Waals surface area contributed by atoms with Crippen molar-refractivity contribution in [2.45, 2.75) is 13.0 Å². The van der Waals surface area contributed by atoms with Gasteiger partial charge in [-0.05, 0) is 29.9 Å². The molecular formula is C24H20N4O8. The third kappa shape index (κ3) is 3.85. The van der Waals surface area contributed by atoms with E-state index in [0.29, 0.717) is 5.56 Å². The highest BCUT2D eigenvalue weighted by atomic mass is 16.6. The minimum absolute atomic E-state index is 0.0225. The highest BCUT2D eigenvalue weighted by Gasteiger charge is 2.59. The number of carbonyl (C=O) groups excluding carboxylic acids is 2. The Balaban J connectivity index is 1.39. The SMILES string of the molecule is COc1cc(C=NN2C(=O)C3C4C=CC(C4)C3C2=O)cc([N+](=O)[O-])c1OCc1cccc([N+](=O)[O-])c1. The Kier molecular flexibility index (Phi) is 5.71. The van der Waals surface area contributed by atoms with Crippen LogP contribution in [0.15, 0.2) is 53.7 Å². The second-order valence-corrected chi connectivity index (χ2v) is 8.78. The maximum absolute atomic E-state index is 12.8. The van der Waals surface area contributed by atoms with Crippen molar-refractivity contribution in [1.82, 2.24) is 5.01 Å². The van der Waals surface area contributed by atoms with Gasteiger partial charge in [-0.1, -0.05) is 24.3 Å². The normalized spacial score (nSPS) is 24.0. The molecule has 3 aliphatic rings. The zero-order chi connectivity index (χ0) is 25.6. The summed E-state index contributed by atoms with van der Waals surface area (Å²) >= 11 is 0. The molecule has 0 spiro atoms. The summed E-state index contributed by atoms with van der Waals surface area (Å²) in [6.45, 7) is -0.178. The summed E-state index contributed by atoms with van der Waals surface area (Å²) in [5.41, 5.74) is 0.0914. The van der Waals surface area contributed by atoms with E-state index in [1.165, 1.54) is 43.7 Å². The van der Waals surface area contributed by atoms with E-state index in [9.17, 15) is 29.8 Å². The largest absolute Gasteiger partial charge is 0.493 e. The number of nitro groups is 2. The summed E-state index contributed by atoms with van der Waals surface area (Å²) in [4.78, 5) is 47.2. The van der Waals surface area contributed by atoms with Crippen molar-refractivity contribution in [2.24, 2.45) is 28.8 Å². The zero-order valence-electron chi connectivity index (χ0n) is 19.0. The molecule has 184 valence electrons. The lowest BCUT2D eigenvalue weighted by molar-refractivity contribution is -0.386. The van der Waals surface area contributed by atoms with Gasteiger partial charge in [0, 0.05) is 23.8 Å². The van der Waals surface area contributed by atoms with Gasteiger partial charge in [0.15, 0.2) is 5.75 Å². The van der Waals surface area contributed by atoms with Crippen molar-refractivity contribution in [3.05, 3.63) is 79.9 Å². The van der Waals surface area contributed by atoms with Gasteiger partial charge in [-0.3, -0.25) is 29.8 Å². The average Bonchev–Trinajstić information content (AvgIpc) is 3.55. The van der Waals surface area contributed by atoms with Gasteiger partial charge in [-0.25, -0.2) is 0 Å². The molecule has 12 heteroatoms. The Morgan fingerprint density at radius 1 is 1.06 bits per heavy atom. The first-order valence-corrected chi connectivity index (χ1v) is 11.1. The quantitative estimate of drug-likeness (QED) is 0.179. The van der Waals surface area contributed by atoms with Crippen LogP contribution >= 0.6 is 0 Å². The lowest BCUT2D eigenvalue weighted by atomic mass is 9.85. The van der Waals surface area contributed by atoms with Crippen LogP contribution in [0, 0.1) is 43.9 Å². The van der Waals surface area contributed by atoms with Crippen molar-refractivity contribution in [2.75, 3.05) is 7.11 Å². The number of non-ortho nitro benzene ring substituents is 1. The van der Waals surface area contributed by atoms with Gasteiger partial charge in [0.25, 0.3) is 17.5 Å². The lowest BCUT2D eigenvalue weighted by Gasteiger charge is -2.13. The number of allylic oxidation sites excluding steroid dienone is 2. The fourth-order valence-electron chi connectivity index (χ4n) is 5.16. The van der Waals surface area contributed by atoms with Gasteiger partial charge >= 0.3 is 5.69 Å². The first-order valence-electron chi connectivity index (χ1n) is 11.1. The zero-order valence-corrected chi connectivity index (χ0v) is 19.0. The minimum Gasteiger partial charge on any atom is -0.493 e. The Morgan fingerprint density at radius 3 is 2.36 bits per heavy atom. The number of fused-ring (bicyclic) bond motifs is 5. The fourth-order valence-corrected chi connectivity index (χ4v) is 5.16. The average molecular weight is 492 g/mol. The summed E-state index contributed by atoms with van der Waals surface area (Å²) in [5, 5.41) is 27.7. The molecule has 12 nitrogen and oxygen atoms in total. The number of hydrogen-bond donors (Lipinski definition) is 0. The predicted molar refractivity (Wildman–Crippen MR) is 124 cm³/mol. The second kappa shape index (κ2) is 8.87. The van der Waals surface area contributed by atoms with Gasteiger partial charge in [-0.15, -0.1) is 0 Å². The third-order valence-corrected chi connectivity index (χ3v) is 6.75. The molecule has 0 radical (unpaired) electrons. The number of hydrogen-bond acceptors (Lipinski definition) is 9. The third-order valence-electron chi connectivity index (χ3n) is 6.75. The number of amides is 2. The summed E-state index contributed by atoms with van der Waals surface area (Å²) in [6, 6.07) is 8.32. The Hall–Kier alpha value is -4.61. The van der Waals surface area contributed by atoms with Crippen LogP contribution < -0.4 is 9.47 Å².